The Balaban J connectivity index is 1.77. The lowest BCUT2D eigenvalue weighted by molar-refractivity contribution is 0.0697. The third-order valence-corrected chi connectivity index (χ3v) is 3.98. The van der Waals surface area contributed by atoms with Gasteiger partial charge in [0, 0.05) is 17.6 Å². The summed E-state index contributed by atoms with van der Waals surface area (Å²) in [6, 6.07) is 10.4. The third kappa shape index (κ3) is 2.82. The minimum atomic E-state index is -0.923. The number of fused-ring (bicyclic) bond motifs is 1. The van der Waals surface area contributed by atoms with E-state index in [1.54, 1.807) is 36.5 Å². The average molecular weight is 300 g/mol. The Morgan fingerprint density at radius 2 is 1.95 bits per heavy atom. The van der Waals surface area contributed by atoms with Gasteiger partial charge in [-0.25, -0.2) is 4.79 Å². The third-order valence-electron chi connectivity index (χ3n) is 2.96. The fourth-order valence-corrected chi connectivity index (χ4v) is 2.75. The molecule has 7 heteroatoms. The maximum atomic E-state index is 10.8. The van der Waals surface area contributed by atoms with Gasteiger partial charge in [-0.3, -0.25) is 4.40 Å². The van der Waals surface area contributed by atoms with Crippen molar-refractivity contribution in [1.82, 2.24) is 14.6 Å². The van der Waals surface area contributed by atoms with Crippen LogP contribution in [-0.4, -0.2) is 25.7 Å². The van der Waals surface area contributed by atoms with Gasteiger partial charge in [0.1, 0.15) is 0 Å². The van der Waals surface area contributed by atoms with Gasteiger partial charge in [-0.15, -0.1) is 10.2 Å². The van der Waals surface area contributed by atoms with Crippen LogP contribution in [0.1, 0.15) is 15.9 Å². The van der Waals surface area contributed by atoms with Crippen LogP contribution in [0, 0.1) is 0 Å². The molecule has 0 unspecified atom stereocenters. The number of nitrogens with zero attached hydrogens (tertiary/aromatic N) is 3. The Labute approximate surface area is 124 Å². The summed E-state index contributed by atoms with van der Waals surface area (Å²) in [7, 11) is 0. The van der Waals surface area contributed by atoms with Crippen molar-refractivity contribution in [1.29, 1.82) is 0 Å². The zero-order valence-corrected chi connectivity index (χ0v) is 11.7. The first-order valence-corrected chi connectivity index (χ1v) is 7.17. The van der Waals surface area contributed by atoms with E-state index in [1.165, 1.54) is 11.8 Å². The second-order valence-electron chi connectivity index (χ2n) is 4.46. The number of nitrogens with two attached hydrogens (primary N) is 1. The Morgan fingerprint density at radius 1 is 1.19 bits per heavy atom. The molecule has 0 radical (unpaired) electrons. The topological polar surface area (TPSA) is 93.5 Å². The van der Waals surface area contributed by atoms with Crippen molar-refractivity contribution in [3.05, 3.63) is 53.7 Å². The maximum absolute atomic E-state index is 10.8. The van der Waals surface area contributed by atoms with Crippen LogP contribution in [0.15, 0.2) is 47.8 Å². The van der Waals surface area contributed by atoms with Crippen LogP contribution in [0.5, 0.6) is 0 Å². The number of hydrogen-bond donors (Lipinski definition) is 2. The van der Waals surface area contributed by atoms with Gasteiger partial charge in [0.25, 0.3) is 0 Å². The van der Waals surface area contributed by atoms with Gasteiger partial charge in [0.2, 0.25) is 0 Å². The molecule has 0 aliphatic heterocycles. The summed E-state index contributed by atoms with van der Waals surface area (Å²) in [5, 5.41) is 17.8. The van der Waals surface area contributed by atoms with Gasteiger partial charge in [0.15, 0.2) is 10.8 Å². The number of nitrogen functional groups attached to an aromatic ring is 1. The lowest BCUT2D eigenvalue weighted by atomic mass is 10.1. The number of carboxylic acid groups (broad SMARTS) is 1. The molecule has 0 fully saturated rings. The molecule has 3 N–H and O–H groups in total. The largest absolute Gasteiger partial charge is 0.478 e. The first kappa shape index (κ1) is 13.4. The predicted molar refractivity (Wildman–Crippen MR) is 80.4 cm³/mol. The molecule has 0 aliphatic rings. The number of carbonyl (C=O) groups is 1. The summed E-state index contributed by atoms with van der Waals surface area (Å²) in [5.41, 5.74) is 8.46. The molecule has 0 atom stereocenters. The van der Waals surface area contributed by atoms with Crippen LogP contribution in [0.4, 0.5) is 5.69 Å². The summed E-state index contributed by atoms with van der Waals surface area (Å²) >= 11 is 1.52. The number of aromatic nitrogens is 3. The molecule has 0 amide bonds. The highest BCUT2D eigenvalue weighted by atomic mass is 32.2. The standard InChI is InChI=1S/C14H12N4O2S/c15-11-5-6-12-16-17-14(18(12)7-11)21-8-9-1-3-10(4-2-9)13(19)20/h1-7H,8,15H2,(H,19,20). The maximum Gasteiger partial charge on any atom is 0.335 e. The Morgan fingerprint density at radius 3 is 2.67 bits per heavy atom. The number of thioether (sulfide) groups is 1. The summed E-state index contributed by atoms with van der Waals surface area (Å²) in [5.74, 6) is -0.247. The molecule has 2 aromatic heterocycles. The first-order chi connectivity index (χ1) is 10.1. The monoisotopic (exact) mass is 300 g/mol. The minimum Gasteiger partial charge on any atom is -0.478 e. The van der Waals surface area contributed by atoms with Crippen molar-refractivity contribution in [2.24, 2.45) is 0 Å². The van der Waals surface area contributed by atoms with E-state index >= 15 is 0 Å². The van der Waals surface area contributed by atoms with E-state index in [1.807, 2.05) is 10.5 Å². The molecule has 21 heavy (non-hydrogen) atoms. The van der Waals surface area contributed by atoms with Gasteiger partial charge in [-0.2, -0.15) is 0 Å². The van der Waals surface area contributed by atoms with Gasteiger partial charge >= 0.3 is 5.97 Å². The van der Waals surface area contributed by atoms with Crippen LogP contribution >= 0.6 is 11.8 Å². The second kappa shape index (κ2) is 5.45. The number of carboxylic acids is 1. The second-order valence-corrected chi connectivity index (χ2v) is 5.41. The molecule has 0 saturated carbocycles. The van der Waals surface area contributed by atoms with E-state index in [4.69, 9.17) is 10.8 Å². The quantitative estimate of drug-likeness (QED) is 0.718. The highest BCUT2D eigenvalue weighted by Crippen LogP contribution is 2.22. The van der Waals surface area contributed by atoms with Crippen molar-refractivity contribution in [3.63, 3.8) is 0 Å². The molecule has 6 nitrogen and oxygen atoms in total. The summed E-state index contributed by atoms with van der Waals surface area (Å²) in [6.07, 6.45) is 1.78. The van der Waals surface area contributed by atoms with Crippen molar-refractivity contribution in [2.75, 3.05) is 5.73 Å². The Bertz CT molecular complexity index is 798. The normalized spacial score (nSPS) is 10.9. The molecule has 1 aromatic carbocycles. The van der Waals surface area contributed by atoms with Crippen LogP contribution < -0.4 is 5.73 Å². The van der Waals surface area contributed by atoms with E-state index in [0.29, 0.717) is 11.4 Å². The number of hydrogen-bond acceptors (Lipinski definition) is 5. The smallest absolute Gasteiger partial charge is 0.335 e. The lowest BCUT2D eigenvalue weighted by Gasteiger charge is -2.02. The fraction of sp³-hybridized carbons (Fsp3) is 0.0714. The Hall–Kier alpha value is -2.54. The van der Waals surface area contributed by atoms with Crippen LogP contribution in [0.2, 0.25) is 0 Å². The Kier molecular flexibility index (Phi) is 3.49. The molecule has 2 heterocycles. The molecule has 0 spiro atoms. The number of rotatable bonds is 4. The van der Waals surface area contributed by atoms with Gasteiger partial charge in [0.05, 0.1) is 5.56 Å². The number of benzene rings is 1. The van der Waals surface area contributed by atoms with Crippen molar-refractivity contribution < 1.29 is 9.90 Å². The molecule has 3 aromatic rings. The van der Waals surface area contributed by atoms with E-state index in [-0.39, 0.29) is 5.56 Å². The highest BCUT2D eigenvalue weighted by Gasteiger charge is 2.07. The summed E-state index contributed by atoms with van der Waals surface area (Å²) < 4.78 is 1.84. The predicted octanol–water partition coefficient (Wildman–Crippen LogP) is 2.30. The van der Waals surface area contributed by atoms with Crippen LogP contribution in [0.3, 0.4) is 0 Å². The SMILES string of the molecule is Nc1ccc2nnc(SCc3ccc(C(=O)O)cc3)n2c1. The minimum absolute atomic E-state index is 0.282. The van der Waals surface area contributed by atoms with E-state index < -0.39 is 5.97 Å². The summed E-state index contributed by atoms with van der Waals surface area (Å²) in [6.45, 7) is 0. The first-order valence-electron chi connectivity index (χ1n) is 6.19. The molecule has 0 aliphatic carbocycles. The van der Waals surface area contributed by atoms with Crippen LogP contribution in [0.25, 0.3) is 5.65 Å². The summed E-state index contributed by atoms with van der Waals surface area (Å²) in [4.78, 5) is 10.8. The number of anilines is 1. The molecule has 0 saturated heterocycles. The highest BCUT2D eigenvalue weighted by molar-refractivity contribution is 7.98. The van der Waals surface area contributed by atoms with Crippen molar-refractivity contribution in [3.8, 4) is 0 Å². The molecule has 0 bridgehead atoms. The lowest BCUT2D eigenvalue weighted by Crippen LogP contribution is -1.96. The fourth-order valence-electron chi connectivity index (χ4n) is 1.88. The van der Waals surface area contributed by atoms with Crippen LogP contribution in [-0.2, 0) is 5.75 Å². The van der Waals surface area contributed by atoms with E-state index in [9.17, 15) is 4.79 Å². The van der Waals surface area contributed by atoms with Gasteiger partial charge < -0.3 is 10.8 Å². The van der Waals surface area contributed by atoms with E-state index in [0.717, 1.165) is 16.4 Å². The van der Waals surface area contributed by atoms with Crippen molar-refractivity contribution >= 4 is 29.1 Å². The van der Waals surface area contributed by atoms with E-state index in [2.05, 4.69) is 10.2 Å². The molecular weight excluding hydrogens is 288 g/mol. The number of aromatic carboxylic acids is 1. The van der Waals surface area contributed by atoms with Crippen molar-refractivity contribution in [2.45, 2.75) is 10.9 Å². The zero-order chi connectivity index (χ0) is 14.8. The van der Waals surface area contributed by atoms with Gasteiger partial charge in [-0.1, -0.05) is 23.9 Å². The average Bonchev–Trinajstić information content (AvgIpc) is 2.88. The molecule has 106 valence electrons. The zero-order valence-electron chi connectivity index (χ0n) is 10.9. The molecular formula is C14H12N4O2S. The number of pyridine rings is 1. The van der Waals surface area contributed by atoms with Gasteiger partial charge in [-0.05, 0) is 29.8 Å². The molecule has 3 rings (SSSR count).